The Morgan fingerprint density at radius 2 is 2.03 bits per heavy atom. The van der Waals surface area contributed by atoms with Crippen molar-refractivity contribution < 1.29 is 9.53 Å². The molecule has 4 rings (SSSR count). The van der Waals surface area contributed by atoms with Crippen molar-refractivity contribution in [3.63, 3.8) is 0 Å². The lowest BCUT2D eigenvalue weighted by atomic mass is 9.87. The van der Waals surface area contributed by atoms with E-state index in [-0.39, 0.29) is 17.9 Å². The molecular weight excluding hydrogens is 362 g/mol. The molecule has 0 saturated carbocycles. The first-order valence-electron chi connectivity index (χ1n) is 10.2. The third-order valence-corrected chi connectivity index (χ3v) is 5.47. The van der Waals surface area contributed by atoms with E-state index in [0.717, 1.165) is 47.4 Å². The minimum absolute atomic E-state index is 0.0144. The summed E-state index contributed by atoms with van der Waals surface area (Å²) in [5.41, 5.74) is 4.28. The number of rotatable bonds is 5. The van der Waals surface area contributed by atoms with Crippen molar-refractivity contribution in [3.05, 3.63) is 59.7 Å². The Hall–Kier alpha value is -3.08. The Kier molecular flexibility index (Phi) is 5.38. The van der Waals surface area contributed by atoms with Crippen molar-refractivity contribution in [3.8, 4) is 5.75 Å². The summed E-state index contributed by atoms with van der Waals surface area (Å²) in [6.07, 6.45) is 3.28. The number of ether oxygens (including phenoxy) is 1. The second kappa shape index (κ2) is 8.11. The predicted octanol–water partition coefficient (Wildman–Crippen LogP) is 5.33. The van der Waals surface area contributed by atoms with E-state index in [4.69, 9.17) is 9.72 Å². The average molecular weight is 389 g/mol. The van der Waals surface area contributed by atoms with Crippen molar-refractivity contribution in [2.45, 2.75) is 39.2 Å². The molecule has 0 saturated heterocycles. The summed E-state index contributed by atoms with van der Waals surface area (Å²) in [5.74, 6) is 1.75. The number of aromatic nitrogens is 1. The lowest BCUT2D eigenvalue weighted by molar-refractivity contribution is -0.118. The van der Waals surface area contributed by atoms with E-state index < -0.39 is 0 Å². The molecule has 150 valence electrons. The second-order valence-corrected chi connectivity index (χ2v) is 7.87. The first kappa shape index (κ1) is 19.2. The largest absolute Gasteiger partial charge is 0.496 e. The van der Waals surface area contributed by atoms with E-state index in [1.807, 2.05) is 50.2 Å². The summed E-state index contributed by atoms with van der Waals surface area (Å²) in [6.45, 7) is 3.77. The van der Waals surface area contributed by atoms with E-state index in [9.17, 15) is 4.79 Å². The van der Waals surface area contributed by atoms with Gasteiger partial charge in [0, 0.05) is 22.6 Å². The molecule has 1 aliphatic rings. The van der Waals surface area contributed by atoms with E-state index in [2.05, 4.69) is 22.8 Å². The van der Waals surface area contributed by atoms with Gasteiger partial charge in [-0.2, -0.15) is 0 Å². The smallest absolute Gasteiger partial charge is 0.226 e. The number of nitrogens with zero attached hydrogens (tertiary/aromatic N) is 1. The zero-order valence-corrected chi connectivity index (χ0v) is 17.2. The average Bonchev–Trinajstić information content (AvgIpc) is 2.73. The van der Waals surface area contributed by atoms with Crippen molar-refractivity contribution in [2.24, 2.45) is 5.92 Å². The number of carbonyl (C=O) groups excluding carboxylic acids is 1. The van der Waals surface area contributed by atoms with Gasteiger partial charge in [0.25, 0.3) is 0 Å². The molecule has 29 heavy (non-hydrogen) atoms. The number of aryl methyl sites for hydroxylation is 1. The summed E-state index contributed by atoms with van der Waals surface area (Å²) in [4.78, 5) is 16.7. The summed E-state index contributed by atoms with van der Waals surface area (Å²) in [6, 6.07) is 16.3. The van der Waals surface area contributed by atoms with Gasteiger partial charge in [0.2, 0.25) is 5.91 Å². The number of carbonyl (C=O) groups is 1. The fourth-order valence-electron chi connectivity index (χ4n) is 3.92. The highest BCUT2D eigenvalue weighted by atomic mass is 16.5. The van der Waals surface area contributed by atoms with Crippen LogP contribution in [-0.2, 0) is 11.2 Å². The van der Waals surface area contributed by atoms with E-state index in [1.54, 1.807) is 7.11 Å². The minimum Gasteiger partial charge on any atom is -0.496 e. The maximum atomic E-state index is 11.9. The topological polar surface area (TPSA) is 63.2 Å². The van der Waals surface area contributed by atoms with E-state index in [0.29, 0.717) is 0 Å². The van der Waals surface area contributed by atoms with Crippen LogP contribution in [0.15, 0.2) is 48.5 Å². The Morgan fingerprint density at radius 1 is 1.17 bits per heavy atom. The van der Waals surface area contributed by atoms with Crippen molar-refractivity contribution >= 4 is 28.3 Å². The fraction of sp³-hybridized carbons (Fsp3) is 0.333. The van der Waals surface area contributed by atoms with Gasteiger partial charge in [-0.25, -0.2) is 4.98 Å². The summed E-state index contributed by atoms with van der Waals surface area (Å²) in [7, 11) is 1.73. The van der Waals surface area contributed by atoms with E-state index in [1.165, 1.54) is 11.1 Å². The summed E-state index contributed by atoms with van der Waals surface area (Å²) >= 11 is 0. The highest BCUT2D eigenvalue weighted by molar-refractivity contribution is 5.94. The quantitative estimate of drug-likeness (QED) is 0.619. The van der Waals surface area contributed by atoms with Crippen LogP contribution >= 0.6 is 0 Å². The summed E-state index contributed by atoms with van der Waals surface area (Å²) < 4.78 is 5.62. The van der Waals surface area contributed by atoms with Crippen LogP contribution in [0.25, 0.3) is 10.9 Å². The van der Waals surface area contributed by atoms with Gasteiger partial charge in [0.05, 0.1) is 18.7 Å². The molecular formula is C24H27N3O2. The van der Waals surface area contributed by atoms with Gasteiger partial charge in [0.1, 0.15) is 11.6 Å². The highest BCUT2D eigenvalue weighted by Crippen LogP contribution is 2.38. The third kappa shape index (κ3) is 4.04. The molecule has 5 nitrogen and oxygen atoms in total. The lowest BCUT2D eigenvalue weighted by Gasteiger charge is -2.28. The molecule has 3 aromatic rings. The predicted molar refractivity (Wildman–Crippen MR) is 118 cm³/mol. The van der Waals surface area contributed by atoms with Crippen LogP contribution in [-0.4, -0.2) is 18.0 Å². The Morgan fingerprint density at radius 3 is 2.83 bits per heavy atom. The zero-order chi connectivity index (χ0) is 20.4. The SMILES string of the molecule is COc1cccc2c1C(Nc1ccc3cc(NC(=O)C(C)C)ccc3n1)CCC2. The van der Waals surface area contributed by atoms with Gasteiger partial charge in [-0.05, 0) is 61.2 Å². The van der Waals surface area contributed by atoms with Crippen LogP contribution in [0.4, 0.5) is 11.5 Å². The monoisotopic (exact) mass is 389 g/mol. The molecule has 0 aliphatic heterocycles. The first-order chi connectivity index (χ1) is 14.0. The molecule has 0 spiro atoms. The molecule has 5 heteroatoms. The maximum absolute atomic E-state index is 11.9. The number of nitrogens with one attached hydrogen (secondary N) is 2. The number of methoxy groups -OCH3 is 1. The van der Waals surface area contributed by atoms with Crippen LogP contribution < -0.4 is 15.4 Å². The normalized spacial score (nSPS) is 15.8. The number of hydrogen-bond acceptors (Lipinski definition) is 4. The molecule has 1 heterocycles. The minimum atomic E-state index is -0.0502. The second-order valence-electron chi connectivity index (χ2n) is 7.87. The number of hydrogen-bond donors (Lipinski definition) is 2. The van der Waals surface area contributed by atoms with Crippen LogP contribution in [0.3, 0.4) is 0 Å². The number of amides is 1. The fourth-order valence-corrected chi connectivity index (χ4v) is 3.92. The molecule has 0 bridgehead atoms. The molecule has 2 aromatic carbocycles. The molecule has 1 aromatic heterocycles. The Balaban J connectivity index is 1.58. The number of pyridine rings is 1. The van der Waals surface area contributed by atoms with Crippen molar-refractivity contribution in [2.75, 3.05) is 17.7 Å². The van der Waals surface area contributed by atoms with Gasteiger partial charge < -0.3 is 15.4 Å². The van der Waals surface area contributed by atoms with Crippen molar-refractivity contribution in [1.29, 1.82) is 0 Å². The van der Waals surface area contributed by atoms with Gasteiger partial charge >= 0.3 is 0 Å². The van der Waals surface area contributed by atoms with Gasteiger partial charge in [-0.15, -0.1) is 0 Å². The zero-order valence-electron chi connectivity index (χ0n) is 17.2. The number of benzene rings is 2. The molecule has 0 radical (unpaired) electrons. The molecule has 1 aliphatic carbocycles. The van der Waals surface area contributed by atoms with Gasteiger partial charge in [0.15, 0.2) is 0 Å². The highest BCUT2D eigenvalue weighted by Gasteiger charge is 2.24. The summed E-state index contributed by atoms with van der Waals surface area (Å²) in [5, 5.41) is 7.54. The Bertz CT molecular complexity index is 1030. The molecule has 1 atom stereocenters. The van der Waals surface area contributed by atoms with Gasteiger partial charge in [-0.3, -0.25) is 4.79 Å². The molecule has 1 amide bonds. The van der Waals surface area contributed by atoms with Crippen molar-refractivity contribution in [1.82, 2.24) is 4.98 Å². The van der Waals surface area contributed by atoms with E-state index >= 15 is 0 Å². The molecule has 1 unspecified atom stereocenters. The first-order valence-corrected chi connectivity index (χ1v) is 10.2. The van der Waals surface area contributed by atoms with Gasteiger partial charge in [-0.1, -0.05) is 26.0 Å². The number of fused-ring (bicyclic) bond motifs is 2. The lowest BCUT2D eigenvalue weighted by Crippen LogP contribution is -2.19. The third-order valence-electron chi connectivity index (χ3n) is 5.47. The molecule has 0 fully saturated rings. The Labute approximate surface area is 171 Å². The van der Waals surface area contributed by atoms with Crippen LogP contribution in [0.1, 0.15) is 43.9 Å². The molecule has 2 N–H and O–H groups in total. The maximum Gasteiger partial charge on any atom is 0.226 e. The van der Waals surface area contributed by atoms with Crippen LogP contribution in [0.2, 0.25) is 0 Å². The van der Waals surface area contributed by atoms with Crippen LogP contribution in [0, 0.1) is 5.92 Å². The van der Waals surface area contributed by atoms with Crippen LogP contribution in [0.5, 0.6) is 5.75 Å². The standard InChI is InChI=1S/C24H27N3O2/c1-15(2)24(28)25-18-11-12-19-17(14-18)10-13-22(26-19)27-20-8-4-6-16-7-5-9-21(29-3)23(16)20/h5,7,9-15,20H,4,6,8H2,1-3H3,(H,25,28)(H,26,27). The number of anilines is 2.